The molecule has 1 atom stereocenters. The second-order valence-electron chi connectivity index (χ2n) is 5.97. The summed E-state index contributed by atoms with van der Waals surface area (Å²) >= 11 is 5.90. The van der Waals surface area contributed by atoms with Crippen LogP contribution in [-0.4, -0.2) is 25.5 Å². The van der Waals surface area contributed by atoms with Crippen LogP contribution in [0.15, 0.2) is 53.5 Å². The van der Waals surface area contributed by atoms with Crippen LogP contribution >= 0.6 is 35.6 Å². The van der Waals surface area contributed by atoms with Crippen LogP contribution in [0.3, 0.4) is 0 Å². The smallest absolute Gasteiger partial charge is 0.225 e. The summed E-state index contributed by atoms with van der Waals surface area (Å²) in [6.07, 6.45) is 0.470. The molecule has 2 aromatic carbocycles. The molecule has 0 aromatic heterocycles. The Hall–Kier alpha value is -1.80. The molecule has 0 radical (unpaired) electrons. The van der Waals surface area contributed by atoms with Gasteiger partial charge in [0.2, 0.25) is 5.91 Å². The zero-order valence-corrected chi connectivity index (χ0v) is 17.5. The Morgan fingerprint density at radius 3 is 2.65 bits per heavy atom. The summed E-state index contributed by atoms with van der Waals surface area (Å²) in [6.45, 7) is 1.29. The van der Waals surface area contributed by atoms with Crippen LogP contribution in [0.25, 0.3) is 0 Å². The molecule has 26 heavy (non-hydrogen) atoms. The number of fused-ring (bicyclic) bond motifs is 1. The number of anilines is 1. The van der Waals surface area contributed by atoms with Gasteiger partial charge in [0.15, 0.2) is 5.96 Å². The molecule has 0 aliphatic carbocycles. The maximum absolute atomic E-state index is 11.9. The number of aliphatic imine (C=N–C) groups is 1. The maximum atomic E-state index is 11.9. The van der Waals surface area contributed by atoms with Crippen molar-refractivity contribution in [3.63, 3.8) is 0 Å². The van der Waals surface area contributed by atoms with E-state index in [1.54, 1.807) is 7.05 Å². The summed E-state index contributed by atoms with van der Waals surface area (Å²) in [5, 5.41) is 10.2. The molecule has 0 bridgehead atoms. The van der Waals surface area contributed by atoms with Gasteiger partial charge in [-0.1, -0.05) is 41.9 Å². The number of para-hydroxylation sites is 1. The number of carbonyl (C=O) groups excluding carboxylic acids is 1. The average molecular weight is 485 g/mol. The maximum Gasteiger partial charge on any atom is 0.225 e. The number of hydrogen-bond acceptors (Lipinski definition) is 2. The molecule has 5 nitrogen and oxygen atoms in total. The molecule has 138 valence electrons. The number of rotatable bonds is 4. The Kier molecular flexibility index (Phi) is 7.71. The molecule has 1 heterocycles. The van der Waals surface area contributed by atoms with E-state index in [1.165, 1.54) is 0 Å². The standard InChI is InChI=1S/C19H21ClN4O.HI/c1-21-19(22-11-13-6-8-15(20)9-7-13)23-12-14-10-18(25)24-17-5-3-2-4-16(14)17;/h2-9,14H,10-12H2,1H3,(H,24,25)(H2,21,22,23);1H. The monoisotopic (exact) mass is 484 g/mol. The number of hydrogen-bond donors (Lipinski definition) is 3. The van der Waals surface area contributed by atoms with E-state index in [2.05, 4.69) is 27.0 Å². The Morgan fingerprint density at radius 1 is 1.19 bits per heavy atom. The Morgan fingerprint density at radius 2 is 1.92 bits per heavy atom. The highest BCUT2D eigenvalue weighted by Crippen LogP contribution is 2.31. The normalized spacial score (nSPS) is 16.2. The molecule has 0 spiro atoms. The van der Waals surface area contributed by atoms with Crippen molar-refractivity contribution in [2.24, 2.45) is 4.99 Å². The number of halogens is 2. The predicted octanol–water partition coefficient (Wildman–Crippen LogP) is 3.75. The van der Waals surface area contributed by atoms with Gasteiger partial charge in [-0.15, -0.1) is 24.0 Å². The first-order valence-corrected chi connectivity index (χ1v) is 8.61. The highest BCUT2D eigenvalue weighted by atomic mass is 127. The molecule has 2 aromatic rings. The van der Waals surface area contributed by atoms with Crippen LogP contribution < -0.4 is 16.0 Å². The lowest BCUT2D eigenvalue weighted by Gasteiger charge is -2.26. The molecule has 0 saturated carbocycles. The zero-order chi connectivity index (χ0) is 17.6. The van der Waals surface area contributed by atoms with Gasteiger partial charge < -0.3 is 16.0 Å². The zero-order valence-electron chi connectivity index (χ0n) is 14.5. The molecule has 1 aliphatic heterocycles. The SMILES string of the molecule is CN=C(NCc1ccc(Cl)cc1)NCC1CC(=O)Nc2ccccc21.I. The summed E-state index contributed by atoms with van der Waals surface area (Å²) in [5.41, 5.74) is 3.17. The van der Waals surface area contributed by atoms with E-state index in [-0.39, 0.29) is 35.8 Å². The van der Waals surface area contributed by atoms with Gasteiger partial charge in [0.1, 0.15) is 0 Å². The van der Waals surface area contributed by atoms with Crippen molar-refractivity contribution in [3.8, 4) is 0 Å². The van der Waals surface area contributed by atoms with E-state index in [4.69, 9.17) is 11.6 Å². The van der Waals surface area contributed by atoms with Crippen molar-refractivity contribution >= 4 is 53.1 Å². The number of benzene rings is 2. The number of nitrogens with zero attached hydrogens (tertiary/aromatic N) is 1. The Balaban J connectivity index is 0.00000243. The summed E-state index contributed by atoms with van der Waals surface area (Å²) in [7, 11) is 1.73. The first kappa shape index (κ1) is 20.5. The van der Waals surface area contributed by atoms with Gasteiger partial charge in [0.05, 0.1) is 0 Å². The fourth-order valence-electron chi connectivity index (χ4n) is 2.91. The lowest BCUT2D eigenvalue weighted by atomic mass is 9.90. The molecule has 0 saturated heterocycles. The number of amides is 1. The van der Waals surface area contributed by atoms with E-state index in [1.807, 2.05) is 42.5 Å². The molecule has 0 fully saturated rings. The Bertz CT molecular complexity index is 779. The fourth-order valence-corrected chi connectivity index (χ4v) is 3.04. The lowest BCUT2D eigenvalue weighted by Crippen LogP contribution is -2.40. The quantitative estimate of drug-likeness (QED) is 0.352. The van der Waals surface area contributed by atoms with Crippen molar-refractivity contribution < 1.29 is 4.79 Å². The van der Waals surface area contributed by atoms with Gasteiger partial charge in [-0.2, -0.15) is 0 Å². The van der Waals surface area contributed by atoms with Gasteiger partial charge >= 0.3 is 0 Å². The van der Waals surface area contributed by atoms with Crippen LogP contribution in [0, 0.1) is 0 Å². The van der Waals surface area contributed by atoms with Crippen molar-refractivity contribution in [1.29, 1.82) is 0 Å². The van der Waals surface area contributed by atoms with Crippen LogP contribution in [0.5, 0.6) is 0 Å². The van der Waals surface area contributed by atoms with E-state index >= 15 is 0 Å². The second kappa shape index (κ2) is 9.78. The second-order valence-corrected chi connectivity index (χ2v) is 6.41. The number of carbonyl (C=O) groups is 1. The van der Waals surface area contributed by atoms with Crippen molar-refractivity contribution in [2.75, 3.05) is 18.9 Å². The van der Waals surface area contributed by atoms with Crippen molar-refractivity contribution in [3.05, 3.63) is 64.7 Å². The van der Waals surface area contributed by atoms with Crippen LogP contribution in [-0.2, 0) is 11.3 Å². The number of nitrogens with one attached hydrogen (secondary N) is 3. The summed E-state index contributed by atoms with van der Waals surface area (Å²) < 4.78 is 0. The van der Waals surface area contributed by atoms with E-state index in [9.17, 15) is 4.79 Å². The minimum Gasteiger partial charge on any atom is -0.356 e. The third-order valence-electron chi connectivity index (χ3n) is 4.22. The van der Waals surface area contributed by atoms with E-state index in [0.717, 1.165) is 21.8 Å². The molecule has 3 N–H and O–H groups in total. The molecule has 1 aliphatic rings. The molecule has 7 heteroatoms. The molecule has 1 unspecified atom stereocenters. The molecule has 3 rings (SSSR count). The highest BCUT2D eigenvalue weighted by Gasteiger charge is 2.24. The molecular formula is C19H22ClIN4O. The predicted molar refractivity (Wildman–Crippen MR) is 117 cm³/mol. The fraction of sp³-hybridized carbons (Fsp3) is 0.263. The first-order valence-electron chi connectivity index (χ1n) is 8.23. The van der Waals surface area contributed by atoms with Gasteiger partial charge in [-0.3, -0.25) is 9.79 Å². The van der Waals surface area contributed by atoms with Crippen LogP contribution in [0.4, 0.5) is 5.69 Å². The average Bonchev–Trinajstić information content (AvgIpc) is 2.63. The van der Waals surface area contributed by atoms with E-state index < -0.39 is 0 Å². The first-order chi connectivity index (χ1) is 12.2. The molecule has 1 amide bonds. The van der Waals surface area contributed by atoms with Gasteiger partial charge in [-0.05, 0) is 29.3 Å². The van der Waals surface area contributed by atoms with Crippen molar-refractivity contribution in [2.45, 2.75) is 18.9 Å². The van der Waals surface area contributed by atoms with Gasteiger partial charge in [0, 0.05) is 43.2 Å². The summed E-state index contributed by atoms with van der Waals surface area (Å²) in [5.74, 6) is 0.882. The van der Waals surface area contributed by atoms with Gasteiger partial charge in [-0.25, -0.2) is 0 Å². The molecular weight excluding hydrogens is 463 g/mol. The topological polar surface area (TPSA) is 65.5 Å². The van der Waals surface area contributed by atoms with Gasteiger partial charge in [0.25, 0.3) is 0 Å². The number of guanidine groups is 1. The third-order valence-corrected chi connectivity index (χ3v) is 4.47. The van der Waals surface area contributed by atoms with E-state index in [0.29, 0.717) is 25.5 Å². The van der Waals surface area contributed by atoms with Crippen LogP contribution in [0.1, 0.15) is 23.5 Å². The van der Waals surface area contributed by atoms with Crippen LogP contribution in [0.2, 0.25) is 5.02 Å². The third kappa shape index (κ3) is 5.35. The minimum absolute atomic E-state index is 0. The summed E-state index contributed by atoms with van der Waals surface area (Å²) in [6, 6.07) is 15.6. The largest absolute Gasteiger partial charge is 0.356 e. The summed E-state index contributed by atoms with van der Waals surface area (Å²) in [4.78, 5) is 16.1. The Labute approximate surface area is 175 Å². The highest BCUT2D eigenvalue weighted by molar-refractivity contribution is 14.0. The van der Waals surface area contributed by atoms with Crippen molar-refractivity contribution in [1.82, 2.24) is 10.6 Å². The lowest BCUT2D eigenvalue weighted by molar-refractivity contribution is -0.116. The minimum atomic E-state index is 0.